The highest BCUT2D eigenvalue weighted by molar-refractivity contribution is 5.83. The Bertz CT molecular complexity index is 516. The minimum absolute atomic E-state index is 0.515. The highest BCUT2D eigenvalue weighted by Gasteiger charge is 2.24. The molecule has 0 N–H and O–H groups in total. The summed E-state index contributed by atoms with van der Waals surface area (Å²) in [5, 5.41) is 0. The molecular weight excluding hydrogens is 284 g/mol. The summed E-state index contributed by atoms with van der Waals surface area (Å²) in [6.07, 6.45) is 14.9. The fourth-order valence-electron chi connectivity index (χ4n) is 3.14. The first-order chi connectivity index (χ1) is 11.2. The van der Waals surface area contributed by atoms with E-state index in [9.17, 15) is 0 Å². The first-order valence-electron chi connectivity index (χ1n) is 8.53. The Morgan fingerprint density at radius 3 is 1.74 bits per heavy atom. The van der Waals surface area contributed by atoms with Gasteiger partial charge in [0.1, 0.15) is 13.2 Å². The molecule has 0 saturated carbocycles. The second kappa shape index (κ2) is 8.78. The summed E-state index contributed by atoms with van der Waals surface area (Å²) in [4.78, 5) is 0. The van der Waals surface area contributed by atoms with Gasteiger partial charge in [0.25, 0.3) is 0 Å². The van der Waals surface area contributed by atoms with Crippen LogP contribution in [-0.2, 0) is 4.74 Å². The van der Waals surface area contributed by atoms with Gasteiger partial charge in [0.15, 0.2) is 36.9 Å². The van der Waals surface area contributed by atoms with Crippen molar-refractivity contribution in [2.24, 2.45) is 11.8 Å². The average molecular weight is 314 g/mol. The van der Waals surface area contributed by atoms with Crippen molar-refractivity contribution in [1.82, 2.24) is 0 Å². The molecule has 3 nitrogen and oxygen atoms in total. The molecule has 23 heavy (non-hydrogen) atoms. The van der Waals surface area contributed by atoms with E-state index in [0.717, 1.165) is 39.1 Å². The molecule has 0 fully saturated rings. The number of nitrogens with zero attached hydrogens (tertiary/aromatic N) is 2. The molecule has 0 radical (unpaired) electrons. The van der Waals surface area contributed by atoms with Gasteiger partial charge in [-0.3, -0.25) is 0 Å². The lowest BCUT2D eigenvalue weighted by atomic mass is 10.0. The quantitative estimate of drug-likeness (QED) is 0.343. The number of hydrogen-bond acceptors (Lipinski definition) is 1. The number of ether oxygens (including phenoxy) is 1. The Morgan fingerprint density at radius 1 is 0.913 bits per heavy atom. The van der Waals surface area contributed by atoms with E-state index in [2.05, 4.69) is 60.7 Å². The van der Waals surface area contributed by atoms with Crippen molar-refractivity contribution >= 4 is 11.4 Å². The van der Waals surface area contributed by atoms with E-state index in [1.165, 1.54) is 11.4 Å². The van der Waals surface area contributed by atoms with Gasteiger partial charge in [-0.2, -0.15) is 0 Å². The van der Waals surface area contributed by atoms with Crippen LogP contribution in [0.4, 0.5) is 0 Å². The molecule has 0 aromatic carbocycles. The van der Waals surface area contributed by atoms with Crippen molar-refractivity contribution in [2.45, 2.75) is 26.7 Å². The van der Waals surface area contributed by atoms with Crippen molar-refractivity contribution in [3.05, 3.63) is 49.9 Å². The van der Waals surface area contributed by atoms with E-state index in [0.29, 0.717) is 11.8 Å². The third kappa shape index (κ3) is 4.61. The van der Waals surface area contributed by atoms with Crippen LogP contribution in [-0.4, -0.2) is 46.9 Å². The van der Waals surface area contributed by atoms with Gasteiger partial charge in [-0.1, -0.05) is 12.2 Å². The summed E-state index contributed by atoms with van der Waals surface area (Å²) in [5.74, 6) is 1.03. The Hall–Kier alpha value is -1.74. The Morgan fingerprint density at radius 2 is 1.35 bits per heavy atom. The molecule has 2 unspecified atom stereocenters. The molecule has 2 aliphatic heterocycles. The van der Waals surface area contributed by atoms with Crippen LogP contribution in [0.15, 0.2) is 49.9 Å². The lowest BCUT2D eigenvalue weighted by Crippen LogP contribution is -2.22. The lowest BCUT2D eigenvalue weighted by Gasteiger charge is -2.04. The molecule has 2 rings (SSSR count). The second-order valence-corrected chi connectivity index (χ2v) is 6.23. The Labute approximate surface area is 140 Å². The lowest BCUT2D eigenvalue weighted by molar-refractivity contribution is -0.469. The van der Waals surface area contributed by atoms with Gasteiger partial charge >= 0.3 is 0 Å². The van der Waals surface area contributed by atoms with E-state index in [-0.39, 0.29) is 0 Å². The SMILES string of the molecule is C=CCC1C=C[N+](CCOCC[N+]2=C(C)C(CC=C)C=C2)=C1C. The third-order valence-electron chi connectivity index (χ3n) is 4.77. The van der Waals surface area contributed by atoms with Gasteiger partial charge in [0.05, 0.1) is 11.8 Å². The summed E-state index contributed by atoms with van der Waals surface area (Å²) >= 11 is 0. The van der Waals surface area contributed by atoms with E-state index in [1.54, 1.807) is 0 Å². The molecule has 2 aliphatic rings. The van der Waals surface area contributed by atoms with Crippen LogP contribution in [0.2, 0.25) is 0 Å². The molecule has 0 saturated heterocycles. The van der Waals surface area contributed by atoms with Crippen molar-refractivity contribution < 1.29 is 13.9 Å². The third-order valence-corrected chi connectivity index (χ3v) is 4.77. The van der Waals surface area contributed by atoms with Crippen LogP contribution in [0.5, 0.6) is 0 Å². The second-order valence-electron chi connectivity index (χ2n) is 6.23. The van der Waals surface area contributed by atoms with Crippen molar-refractivity contribution in [3.63, 3.8) is 0 Å². The summed E-state index contributed by atoms with van der Waals surface area (Å²) < 4.78 is 10.4. The van der Waals surface area contributed by atoms with Crippen LogP contribution in [0.3, 0.4) is 0 Å². The first-order valence-corrected chi connectivity index (χ1v) is 8.53. The molecule has 0 aromatic rings. The van der Waals surface area contributed by atoms with Gasteiger partial charge < -0.3 is 4.74 Å². The Kier molecular flexibility index (Phi) is 6.72. The van der Waals surface area contributed by atoms with Crippen LogP contribution >= 0.6 is 0 Å². The minimum Gasteiger partial charge on any atom is -0.368 e. The van der Waals surface area contributed by atoms with Crippen LogP contribution in [0.1, 0.15) is 26.7 Å². The fourth-order valence-corrected chi connectivity index (χ4v) is 3.14. The molecule has 0 spiro atoms. The summed E-state index contributed by atoms with van der Waals surface area (Å²) in [6, 6.07) is 0. The molecule has 124 valence electrons. The monoisotopic (exact) mass is 314 g/mol. The number of allylic oxidation sites excluding steroid dienone is 4. The van der Waals surface area contributed by atoms with Gasteiger partial charge in [-0.25, -0.2) is 9.15 Å². The van der Waals surface area contributed by atoms with Gasteiger partial charge in [-0.05, 0) is 25.0 Å². The number of rotatable bonds is 10. The zero-order valence-corrected chi connectivity index (χ0v) is 14.6. The molecular formula is C20H30N2O+2. The van der Waals surface area contributed by atoms with Crippen LogP contribution in [0.25, 0.3) is 0 Å². The topological polar surface area (TPSA) is 15.2 Å². The maximum absolute atomic E-state index is 5.83. The number of hydrogen-bond donors (Lipinski definition) is 0. The molecule has 0 amide bonds. The van der Waals surface area contributed by atoms with Crippen LogP contribution in [0, 0.1) is 11.8 Å². The first kappa shape index (κ1) is 17.6. The minimum atomic E-state index is 0.515. The van der Waals surface area contributed by atoms with E-state index < -0.39 is 0 Å². The average Bonchev–Trinajstić information content (AvgIpc) is 3.06. The zero-order valence-electron chi connectivity index (χ0n) is 14.6. The fraction of sp³-hybridized carbons (Fsp3) is 0.500. The van der Waals surface area contributed by atoms with Crippen molar-refractivity contribution in [1.29, 1.82) is 0 Å². The van der Waals surface area contributed by atoms with Gasteiger partial charge in [0.2, 0.25) is 0 Å². The molecule has 0 bridgehead atoms. The maximum atomic E-state index is 5.83. The Balaban J connectivity index is 1.69. The van der Waals surface area contributed by atoms with E-state index in [4.69, 9.17) is 4.74 Å². The van der Waals surface area contributed by atoms with E-state index in [1.807, 2.05) is 12.2 Å². The normalized spacial score (nSPS) is 23.2. The smallest absolute Gasteiger partial charge is 0.171 e. The molecule has 2 atom stereocenters. The molecule has 2 heterocycles. The highest BCUT2D eigenvalue weighted by Crippen LogP contribution is 2.15. The summed E-state index contributed by atoms with van der Waals surface area (Å²) in [5.41, 5.74) is 2.79. The maximum Gasteiger partial charge on any atom is 0.171 e. The predicted molar refractivity (Wildman–Crippen MR) is 97.3 cm³/mol. The van der Waals surface area contributed by atoms with Gasteiger partial charge in [0, 0.05) is 13.8 Å². The van der Waals surface area contributed by atoms with Crippen molar-refractivity contribution in [3.8, 4) is 0 Å². The summed E-state index contributed by atoms with van der Waals surface area (Å²) in [6.45, 7) is 15.4. The molecule has 3 heteroatoms. The molecule has 0 aromatic heterocycles. The van der Waals surface area contributed by atoms with E-state index >= 15 is 0 Å². The largest absolute Gasteiger partial charge is 0.368 e. The van der Waals surface area contributed by atoms with Crippen LogP contribution < -0.4 is 0 Å². The predicted octanol–water partition coefficient (Wildman–Crippen LogP) is 3.39. The standard InChI is InChI=1S/C20H30N2O/c1-5-7-19-9-11-21(17(19)3)13-15-23-16-14-22-12-10-20(8-6-2)18(22)4/h5-6,9-12,19-20H,1-2,7-8,13-16H2,3-4H3/q+2. The summed E-state index contributed by atoms with van der Waals surface area (Å²) in [7, 11) is 0. The van der Waals surface area contributed by atoms with Gasteiger partial charge in [-0.15, -0.1) is 13.2 Å². The highest BCUT2D eigenvalue weighted by atomic mass is 16.5. The van der Waals surface area contributed by atoms with Crippen molar-refractivity contribution in [2.75, 3.05) is 26.3 Å². The molecule has 0 aliphatic carbocycles. The zero-order chi connectivity index (χ0) is 16.7.